The number of rotatable bonds is 6. The summed E-state index contributed by atoms with van der Waals surface area (Å²) in [6.07, 6.45) is 1.56. The molecule has 1 N–H and O–H groups in total. The van der Waals surface area contributed by atoms with Crippen LogP contribution >= 0.6 is 0 Å². The minimum absolute atomic E-state index is 0.00276. The predicted octanol–water partition coefficient (Wildman–Crippen LogP) is 3.70. The van der Waals surface area contributed by atoms with Gasteiger partial charge in [0.1, 0.15) is 6.04 Å². The van der Waals surface area contributed by atoms with E-state index in [4.69, 9.17) is 0 Å². The summed E-state index contributed by atoms with van der Waals surface area (Å²) in [5.41, 5.74) is -0.338. The summed E-state index contributed by atoms with van der Waals surface area (Å²) >= 11 is 0. The van der Waals surface area contributed by atoms with Crippen molar-refractivity contribution in [2.24, 2.45) is 22.7 Å². The van der Waals surface area contributed by atoms with Crippen LogP contribution in [0.1, 0.15) is 82.1 Å². The largest absolute Gasteiger partial charge is 0.344 e. The van der Waals surface area contributed by atoms with Gasteiger partial charge in [0.05, 0.1) is 0 Å². The maximum Gasteiger partial charge on any atom is 0.245 e. The molecule has 3 amide bonds. The van der Waals surface area contributed by atoms with E-state index in [1.54, 1.807) is 4.90 Å². The highest BCUT2D eigenvalue weighted by atomic mass is 16.2. The molecule has 6 nitrogen and oxygen atoms in total. The summed E-state index contributed by atoms with van der Waals surface area (Å²) < 4.78 is 0. The smallest absolute Gasteiger partial charge is 0.245 e. The fourth-order valence-electron chi connectivity index (χ4n) is 4.13. The molecule has 1 aliphatic rings. The van der Waals surface area contributed by atoms with Crippen LogP contribution in [0.4, 0.5) is 0 Å². The molecule has 3 unspecified atom stereocenters. The van der Waals surface area contributed by atoms with Gasteiger partial charge in [-0.05, 0) is 30.6 Å². The first-order valence-corrected chi connectivity index (χ1v) is 11.4. The van der Waals surface area contributed by atoms with Gasteiger partial charge in [0, 0.05) is 37.5 Å². The summed E-state index contributed by atoms with van der Waals surface area (Å²) in [7, 11) is 0. The van der Waals surface area contributed by atoms with Gasteiger partial charge < -0.3 is 15.1 Å². The molecule has 1 rings (SSSR count). The summed E-state index contributed by atoms with van der Waals surface area (Å²) in [6.45, 7) is 21.7. The van der Waals surface area contributed by atoms with Crippen molar-refractivity contribution in [3.05, 3.63) is 0 Å². The summed E-state index contributed by atoms with van der Waals surface area (Å²) in [4.78, 5) is 42.2. The van der Waals surface area contributed by atoms with Crippen molar-refractivity contribution in [2.75, 3.05) is 19.6 Å². The Bertz CT molecular complexity index is 616. The maximum atomic E-state index is 13.2. The van der Waals surface area contributed by atoms with Crippen molar-refractivity contribution < 1.29 is 14.4 Å². The fraction of sp³-hybridized carbons (Fsp3) is 0.875. The number of carbonyl (C=O) groups excluding carboxylic acids is 3. The second-order valence-electron chi connectivity index (χ2n) is 11.7. The van der Waals surface area contributed by atoms with E-state index >= 15 is 0 Å². The molecule has 0 spiro atoms. The number of amides is 3. The zero-order valence-electron chi connectivity index (χ0n) is 21.0. The minimum Gasteiger partial charge on any atom is -0.344 e. The van der Waals surface area contributed by atoms with Crippen LogP contribution in [0.15, 0.2) is 0 Å². The van der Waals surface area contributed by atoms with E-state index in [1.165, 1.54) is 0 Å². The maximum absolute atomic E-state index is 13.2. The predicted molar refractivity (Wildman–Crippen MR) is 122 cm³/mol. The van der Waals surface area contributed by atoms with Crippen LogP contribution < -0.4 is 5.32 Å². The first-order chi connectivity index (χ1) is 13.5. The third-order valence-corrected chi connectivity index (χ3v) is 5.64. The van der Waals surface area contributed by atoms with Crippen molar-refractivity contribution in [1.29, 1.82) is 0 Å². The molecule has 0 aliphatic carbocycles. The normalized spacial score (nSPS) is 20.2. The van der Waals surface area contributed by atoms with Crippen molar-refractivity contribution in [3.63, 3.8) is 0 Å². The van der Waals surface area contributed by atoms with Crippen LogP contribution in [0.5, 0.6) is 0 Å². The standard InChI is InChI=1S/C24H45N3O3/c1-16(2)20(25-22(30)24(8,9)10)21(29)26-11-12-27(18(4)15-26)19(28)13-17(3)14-23(5,6)7/h16-18,20H,11-15H2,1-10H3,(H,25,30). The van der Waals surface area contributed by atoms with Gasteiger partial charge in [0.15, 0.2) is 0 Å². The summed E-state index contributed by atoms with van der Waals surface area (Å²) in [5.74, 6) is 0.332. The molecule has 0 radical (unpaired) electrons. The number of hydrogen-bond acceptors (Lipinski definition) is 3. The van der Waals surface area contributed by atoms with Crippen molar-refractivity contribution in [2.45, 2.75) is 94.2 Å². The molecule has 0 aromatic rings. The Morgan fingerprint density at radius 1 is 1.00 bits per heavy atom. The van der Waals surface area contributed by atoms with Crippen LogP contribution in [-0.4, -0.2) is 59.2 Å². The molecule has 0 aromatic heterocycles. The molecule has 30 heavy (non-hydrogen) atoms. The lowest BCUT2D eigenvalue weighted by molar-refractivity contribution is -0.146. The molecule has 0 bridgehead atoms. The first kappa shape index (κ1) is 26.4. The molecule has 0 aromatic carbocycles. The van der Waals surface area contributed by atoms with Gasteiger partial charge in [0.2, 0.25) is 17.7 Å². The number of nitrogens with one attached hydrogen (secondary N) is 1. The topological polar surface area (TPSA) is 69.7 Å². The van der Waals surface area contributed by atoms with E-state index in [0.717, 1.165) is 6.42 Å². The lowest BCUT2D eigenvalue weighted by Gasteiger charge is -2.42. The first-order valence-electron chi connectivity index (χ1n) is 11.4. The molecular formula is C24H45N3O3. The lowest BCUT2D eigenvalue weighted by Crippen LogP contribution is -2.60. The second kappa shape index (κ2) is 10.1. The Morgan fingerprint density at radius 2 is 1.57 bits per heavy atom. The van der Waals surface area contributed by atoms with Gasteiger partial charge in [-0.3, -0.25) is 14.4 Å². The van der Waals surface area contributed by atoms with Gasteiger partial charge in [-0.1, -0.05) is 62.3 Å². The Balaban J connectivity index is 2.73. The third-order valence-electron chi connectivity index (χ3n) is 5.64. The number of hydrogen-bond donors (Lipinski definition) is 1. The third kappa shape index (κ3) is 7.92. The van der Waals surface area contributed by atoms with Crippen molar-refractivity contribution in [1.82, 2.24) is 15.1 Å². The highest BCUT2D eigenvalue weighted by molar-refractivity contribution is 5.90. The molecule has 174 valence electrons. The van der Waals surface area contributed by atoms with Crippen LogP contribution in [0.25, 0.3) is 0 Å². The van der Waals surface area contributed by atoms with E-state index in [0.29, 0.717) is 32.0 Å². The Hall–Kier alpha value is -1.59. The summed E-state index contributed by atoms with van der Waals surface area (Å²) in [5, 5.41) is 2.94. The molecule has 1 heterocycles. The van der Waals surface area contributed by atoms with E-state index in [1.807, 2.05) is 46.4 Å². The van der Waals surface area contributed by atoms with Crippen LogP contribution in [-0.2, 0) is 14.4 Å². The number of nitrogens with zero attached hydrogens (tertiary/aromatic N) is 2. The van der Waals surface area contributed by atoms with Crippen LogP contribution in [0.2, 0.25) is 0 Å². The molecule has 3 atom stereocenters. The average Bonchev–Trinajstić information content (AvgIpc) is 2.55. The molecule has 6 heteroatoms. The van der Waals surface area contributed by atoms with E-state index in [2.05, 4.69) is 33.0 Å². The van der Waals surface area contributed by atoms with Gasteiger partial charge in [-0.25, -0.2) is 0 Å². The average molecular weight is 424 g/mol. The zero-order chi connectivity index (χ0) is 23.4. The Morgan fingerprint density at radius 3 is 2.00 bits per heavy atom. The van der Waals surface area contributed by atoms with Crippen LogP contribution in [0.3, 0.4) is 0 Å². The van der Waals surface area contributed by atoms with Gasteiger partial charge in [-0.15, -0.1) is 0 Å². The second-order valence-corrected chi connectivity index (χ2v) is 11.7. The van der Waals surface area contributed by atoms with Crippen molar-refractivity contribution >= 4 is 17.7 Å². The highest BCUT2D eigenvalue weighted by Crippen LogP contribution is 2.27. The minimum atomic E-state index is -0.546. The van der Waals surface area contributed by atoms with Gasteiger partial charge >= 0.3 is 0 Å². The molecular weight excluding hydrogens is 378 g/mol. The van der Waals surface area contributed by atoms with E-state index < -0.39 is 11.5 Å². The monoisotopic (exact) mass is 423 g/mol. The Labute approximate surface area is 184 Å². The molecule has 1 aliphatic heterocycles. The number of piperazine rings is 1. The quantitative estimate of drug-likeness (QED) is 0.708. The lowest BCUT2D eigenvalue weighted by atomic mass is 9.84. The number of carbonyl (C=O) groups is 3. The Kier molecular flexibility index (Phi) is 8.94. The molecule has 0 saturated carbocycles. The van der Waals surface area contributed by atoms with Crippen LogP contribution in [0, 0.1) is 22.7 Å². The van der Waals surface area contributed by atoms with E-state index in [9.17, 15) is 14.4 Å². The zero-order valence-corrected chi connectivity index (χ0v) is 21.0. The highest BCUT2D eigenvalue weighted by Gasteiger charge is 2.36. The van der Waals surface area contributed by atoms with E-state index in [-0.39, 0.29) is 35.1 Å². The summed E-state index contributed by atoms with van der Waals surface area (Å²) in [6, 6.07) is -0.568. The molecule has 1 fully saturated rings. The SMILES string of the molecule is CC(CC(=O)N1CCN(C(=O)C(NC(=O)C(C)(C)C)C(C)C)CC1C)CC(C)(C)C. The van der Waals surface area contributed by atoms with Gasteiger partial charge in [0.25, 0.3) is 0 Å². The van der Waals surface area contributed by atoms with Crippen molar-refractivity contribution in [3.8, 4) is 0 Å². The van der Waals surface area contributed by atoms with Gasteiger partial charge in [-0.2, -0.15) is 0 Å². The molecule has 1 saturated heterocycles. The fourth-order valence-corrected chi connectivity index (χ4v) is 4.13.